The van der Waals surface area contributed by atoms with E-state index in [0.717, 1.165) is 53.0 Å². The topological polar surface area (TPSA) is 67.2 Å². The largest absolute Gasteiger partial charge is 0.324 e. The number of hydrogen-bond donors (Lipinski definition) is 1. The summed E-state index contributed by atoms with van der Waals surface area (Å²) in [4.78, 5) is 28.3. The van der Waals surface area contributed by atoms with Gasteiger partial charge >= 0.3 is 0 Å². The second kappa shape index (κ2) is 8.47. The van der Waals surface area contributed by atoms with Crippen LogP contribution in [0, 0.1) is 13.8 Å². The van der Waals surface area contributed by atoms with E-state index < -0.39 is 6.04 Å². The molecule has 0 saturated carbocycles. The number of aromatic nitrogens is 2. The monoisotopic (exact) mass is 446 g/mol. The molecule has 1 aliphatic heterocycles. The van der Waals surface area contributed by atoms with Crippen molar-refractivity contribution in [1.82, 2.24) is 14.7 Å². The van der Waals surface area contributed by atoms with Crippen molar-refractivity contribution in [3.05, 3.63) is 76.6 Å². The summed E-state index contributed by atoms with van der Waals surface area (Å²) < 4.78 is 1.94. The molecule has 6 nitrogen and oxygen atoms in total. The highest BCUT2D eigenvalue weighted by Crippen LogP contribution is 2.32. The van der Waals surface area contributed by atoms with Crippen LogP contribution in [0.4, 0.5) is 5.69 Å². The molecule has 1 fully saturated rings. The molecule has 0 spiro atoms. The third-order valence-electron chi connectivity index (χ3n) is 6.21. The van der Waals surface area contributed by atoms with Gasteiger partial charge in [-0.2, -0.15) is 5.10 Å². The average molecular weight is 447 g/mol. The van der Waals surface area contributed by atoms with E-state index in [2.05, 4.69) is 18.3 Å². The number of hydrogen-bond acceptors (Lipinski definition) is 4. The van der Waals surface area contributed by atoms with Crippen LogP contribution < -0.4 is 5.32 Å². The van der Waals surface area contributed by atoms with Crippen molar-refractivity contribution in [2.75, 3.05) is 16.9 Å². The van der Waals surface area contributed by atoms with Gasteiger partial charge in [0.05, 0.1) is 11.6 Å². The summed E-state index contributed by atoms with van der Waals surface area (Å²) in [6, 6.07) is 15.3. The molecule has 1 aliphatic carbocycles. The molecule has 2 aromatic carbocycles. The van der Waals surface area contributed by atoms with Gasteiger partial charge in [0.15, 0.2) is 5.69 Å². The van der Waals surface area contributed by atoms with Crippen LogP contribution in [0.15, 0.2) is 48.5 Å². The fraction of sp³-hybridized carbons (Fsp3) is 0.320. The Hall–Kier alpha value is -3.06. The maximum Gasteiger partial charge on any atom is 0.276 e. The molecule has 2 heterocycles. The molecule has 1 atom stereocenters. The molecular weight excluding hydrogens is 420 g/mol. The van der Waals surface area contributed by atoms with Crippen LogP contribution in [0.5, 0.6) is 0 Å². The summed E-state index contributed by atoms with van der Waals surface area (Å²) >= 11 is 1.60. The minimum absolute atomic E-state index is 0.148. The molecule has 7 heteroatoms. The van der Waals surface area contributed by atoms with Crippen molar-refractivity contribution >= 4 is 29.3 Å². The molecule has 1 saturated heterocycles. The van der Waals surface area contributed by atoms with Gasteiger partial charge < -0.3 is 10.2 Å². The first-order valence-electron chi connectivity index (χ1n) is 11.0. The SMILES string of the molecule is Cc1cccc(NC(=O)C2CSCN2C(=O)c2nn(-c3ccccc3C)c3c2CCC3)c1. The van der Waals surface area contributed by atoms with Crippen molar-refractivity contribution in [2.45, 2.75) is 39.2 Å². The first-order valence-corrected chi connectivity index (χ1v) is 12.1. The summed E-state index contributed by atoms with van der Waals surface area (Å²) in [5.74, 6) is 0.787. The van der Waals surface area contributed by atoms with E-state index in [9.17, 15) is 9.59 Å². The van der Waals surface area contributed by atoms with E-state index in [1.165, 1.54) is 0 Å². The molecular formula is C25H26N4O2S. The first-order chi connectivity index (χ1) is 15.5. The van der Waals surface area contributed by atoms with Gasteiger partial charge in [-0.1, -0.05) is 30.3 Å². The molecule has 0 radical (unpaired) electrons. The van der Waals surface area contributed by atoms with Gasteiger partial charge in [0, 0.05) is 22.7 Å². The Morgan fingerprint density at radius 2 is 1.94 bits per heavy atom. The third-order valence-corrected chi connectivity index (χ3v) is 7.22. The molecule has 1 unspecified atom stereocenters. The second-order valence-electron chi connectivity index (χ2n) is 8.48. The van der Waals surface area contributed by atoms with Gasteiger partial charge in [0.2, 0.25) is 5.91 Å². The maximum atomic E-state index is 13.6. The predicted molar refractivity (Wildman–Crippen MR) is 127 cm³/mol. The summed E-state index contributed by atoms with van der Waals surface area (Å²) in [5, 5.41) is 7.76. The van der Waals surface area contributed by atoms with E-state index in [4.69, 9.17) is 5.10 Å². The number of thioether (sulfide) groups is 1. The normalized spacial score (nSPS) is 17.4. The third kappa shape index (κ3) is 3.71. The molecule has 2 amide bonds. The molecule has 1 aromatic heterocycles. The molecule has 0 bridgehead atoms. The second-order valence-corrected chi connectivity index (χ2v) is 9.47. The maximum absolute atomic E-state index is 13.6. The van der Waals surface area contributed by atoms with Crippen LogP contribution in [-0.4, -0.2) is 44.2 Å². The van der Waals surface area contributed by atoms with Crippen molar-refractivity contribution in [2.24, 2.45) is 0 Å². The van der Waals surface area contributed by atoms with Crippen molar-refractivity contribution in [3.8, 4) is 5.69 Å². The van der Waals surface area contributed by atoms with Crippen molar-refractivity contribution < 1.29 is 9.59 Å². The number of nitrogens with zero attached hydrogens (tertiary/aromatic N) is 3. The van der Waals surface area contributed by atoms with Crippen molar-refractivity contribution in [1.29, 1.82) is 0 Å². The Balaban J connectivity index is 1.43. The fourth-order valence-electron chi connectivity index (χ4n) is 4.55. The molecule has 2 aliphatic rings. The number of fused-ring (bicyclic) bond motifs is 1. The van der Waals surface area contributed by atoms with Crippen LogP contribution in [0.2, 0.25) is 0 Å². The summed E-state index contributed by atoms with van der Waals surface area (Å²) in [6.07, 6.45) is 2.78. The molecule has 1 N–H and O–H groups in total. The number of nitrogens with one attached hydrogen (secondary N) is 1. The zero-order chi connectivity index (χ0) is 22.2. The van der Waals surface area contributed by atoms with E-state index in [0.29, 0.717) is 17.3 Å². The summed E-state index contributed by atoms with van der Waals surface area (Å²) in [7, 11) is 0. The zero-order valence-electron chi connectivity index (χ0n) is 18.3. The number of anilines is 1. The van der Waals surface area contributed by atoms with Crippen LogP contribution in [-0.2, 0) is 17.6 Å². The number of para-hydroxylation sites is 1. The lowest BCUT2D eigenvalue weighted by atomic mass is 10.1. The number of carbonyl (C=O) groups is 2. The Morgan fingerprint density at radius 3 is 2.75 bits per heavy atom. The predicted octanol–water partition coefficient (Wildman–Crippen LogP) is 4.13. The highest BCUT2D eigenvalue weighted by atomic mass is 32.2. The molecule has 3 aromatic rings. The molecule has 164 valence electrons. The fourth-order valence-corrected chi connectivity index (χ4v) is 5.71. The molecule has 5 rings (SSSR count). The Morgan fingerprint density at radius 1 is 1.09 bits per heavy atom. The lowest BCUT2D eigenvalue weighted by molar-refractivity contribution is -0.119. The van der Waals surface area contributed by atoms with Gasteiger partial charge in [-0.05, 0) is 62.4 Å². The molecule has 32 heavy (non-hydrogen) atoms. The number of aryl methyl sites for hydroxylation is 2. The van der Waals surface area contributed by atoms with Crippen LogP contribution in [0.25, 0.3) is 5.69 Å². The lowest BCUT2D eigenvalue weighted by Gasteiger charge is -2.22. The quantitative estimate of drug-likeness (QED) is 0.654. The Kier molecular flexibility index (Phi) is 5.51. The standard InChI is InChI=1S/C25H26N4O2S/c1-16-7-5-9-18(13-16)26-24(30)22-14-32-15-28(22)25(31)23-19-10-6-12-21(19)29(27-23)20-11-4-3-8-17(20)2/h3-5,7-9,11,13,22H,6,10,12,14-15H2,1-2H3,(H,26,30). The van der Waals surface area contributed by atoms with Crippen LogP contribution in [0.3, 0.4) is 0 Å². The van der Waals surface area contributed by atoms with Gasteiger partial charge in [0.25, 0.3) is 5.91 Å². The number of amides is 2. The van der Waals surface area contributed by atoms with E-state index >= 15 is 0 Å². The van der Waals surface area contributed by atoms with Gasteiger partial charge in [-0.25, -0.2) is 4.68 Å². The number of carbonyl (C=O) groups excluding carboxylic acids is 2. The summed E-state index contributed by atoms with van der Waals surface area (Å²) in [5.41, 5.74) is 6.61. The highest BCUT2D eigenvalue weighted by Gasteiger charge is 2.38. The summed E-state index contributed by atoms with van der Waals surface area (Å²) in [6.45, 7) is 4.05. The van der Waals surface area contributed by atoms with Gasteiger partial charge in [-0.15, -0.1) is 11.8 Å². The lowest BCUT2D eigenvalue weighted by Crippen LogP contribution is -2.44. The highest BCUT2D eigenvalue weighted by molar-refractivity contribution is 7.99. The number of rotatable bonds is 4. The first kappa shape index (κ1) is 20.8. The van der Waals surface area contributed by atoms with Crippen LogP contribution >= 0.6 is 11.8 Å². The minimum atomic E-state index is -0.506. The van der Waals surface area contributed by atoms with Crippen molar-refractivity contribution in [3.63, 3.8) is 0 Å². The van der Waals surface area contributed by atoms with Gasteiger partial charge in [0.1, 0.15) is 6.04 Å². The van der Waals surface area contributed by atoms with Crippen LogP contribution in [0.1, 0.15) is 39.3 Å². The van der Waals surface area contributed by atoms with Gasteiger partial charge in [-0.3, -0.25) is 9.59 Å². The smallest absolute Gasteiger partial charge is 0.276 e. The Labute approximate surface area is 192 Å². The minimum Gasteiger partial charge on any atom is -0.324 e. The number of benzene rings is 2. The zero-order valence-corrected chi connectivity index (χ0v) is 19.1. The van der Waals surface area contributed by atoms with E-state index in [1.54, 1.807) is 16.7 Å². The Bertz CT molecular complexity index is 1200. The van der Waals surface area contributed by atoms with E-state index in [1.807, 2.05) is 54.1 Å². The average Bonchev–Trinajstić information content (AvgIpc) is 3.50. The van der Waals surface area contributed by atoms with E-state index in [-0.39, 0.29) is 11.8 Å².